The number of sulfonamides is 1. The maximum atomic E-state index is 13.3. The lowest BCUT2D eigenvalue weighted by atomic mass is 9.92. The summed E-state index contributed by atoms with van der Waals surface area (Å²) >= 11 is 2.26. The summed E-state index contributed by atoms with van der Waals surface area (Å²) in [5, 5.41) is 12.8. The molecule has 5 atom stereocenters. The van der Waals surface area contributed by atoms with Gasteiger partial charge in [0.2, 0.25) is 16.3 Å². The number of ether oxygens (including phenoxy) is 3. The van der Waals surface area contributed by atoms with Gasteiger partial charge < -0.3 is 24.6 Å². The molecule has 5 rings (SSSR count). The monoisotopic (exact) mass is 696 g/mol. The van der Waals surface area contributed by atoms with Crippen molar-refractivity contribution in [3.8, 4) is 5.75 Å². The Kier molecular flexibility index (Phi) is 9.90. The molecule has 2 bridgehead atoms. The van der Waals surface area contributed by atoms with E-state index in [-0.39, 0.29) is 54.8 Å². The van der Waals surface area contributed by atoms with Gasteiger partial charge in [-0.25, -0.2) is 8.42 Å². The fourth-order valence-corrected chi connectivity index (χ4v) is 7.94. The largest absolute Gasteiger partial charge is 0.497 e. The summed E-state index contributed by atoms with van der Waals surface area (Å²) in [6, 6.07) is 14.4. The lowest BCUT2D eigenvalue weighted by molar-refractivity contribution is -0.147. The van der Waals surface area contributed by atoms with Gasteiger partial charge in [0, 0.05) is 35.0 Å². The SMILES string of the molecule is COc1ccc(S(=O)(=O)N(CCO)CCO[C@H]2C[C@@H](c3ccc(I)cc3)C=C(C(=O)NC3CC4CCC3C4)O2)cc1. The molecule has 0 spiro atoms. The minimum atomic E-state index is -3.87. The Morgan fingerprint density at radius 2 is 1.83 bits per heavy atom. The number of halogens is 1. The molecule has 2 fully saturated rings. The minimum absolute atomic E-state index is 0.0133. The van der Waals surface area contributed by atoms with E-state index in [0.29, 0.717) is 24.0 Å². The number of nitrogens with zero attached hydrogens (tertiary/aromatic N) is 1. The van der Waals surface area contributed by atoms with Gasteiger partial charge in [-0.3, -0.25) is 4.79 Å². The van der Waals surface area contributed by atoms with E-state index in [4.69, 9.17) is 14.2 Å². The number of benzene rings is 2. The molecule has 9 nitrogen and oxygen atoms in total. The molecule has 2 aromatic carbocycles. The zero-order chi connectivity index (χ0) is 29.0. The third-order valence-corrected chi connectivity index (χ3v) is 11.0. The number of hydrogen-bond donors (Lipinski definition) is 2. The van der Waals surface area contributed by atoms with Crippen LogP contribution in [0.5, 0.6) is 5.75 Å². The van der Waals surface area contributed by atoms with Crippen LogP contribution in [0.4, 0.5) is 0 Å². The molecule has 0 radical (unpaired) electrons. The van der Waals surface area contributed by atoms with Crippen LogP contribution < -0.4 is 10.1 Å². The number of aliphatic hydroxyl groups is 1. The second kappa shape index (κ2) is 13.4. The molecule has 2 aliphatic carbocycles. The summed E-state index contributed by atoms with van der Waals surface area (Å²) in [5.74, 6) is 1.71. The normalized spacial score (nSPS) is 25.6. The smallest absolute Gasteiger partial charge is 0.286 e. The van der Waals surface area contributed by atoms with Crippen molar-refractivity contribution in [1.82, 2.24) is 9.62 Å². The van der Waals surface area contributed by atoms with Crippen LogP contribution in [0.1, 0.15) is 43.6 Å². The maximum absolute atomic E-state index is 13.3. The van der Waals surface area contributed by atoms with Crippen molar-refractivity contribution < 1.29 is 32.5 Å². The van der Waals surface area contributed by atoms with Gasteiger partial charge in [0.25, 0.3) is 5.91 Å². The molecule has 1 heterocycles. The fourth-order valence-electron chi connectivity index (χ4n) is 6.17. The number of carbonyl (C=O) groups excluding carboxylic acids is 1. The quantitative estimate of drug-likeness (QED) is 0.323. The molecule has 2 saturated carbocycles. The molecule has 2 N–H and O–H groups in total. The molecule has 3 unspecified atom stereocenters. The zero-order valence-electron chi connectivity index (χ0n) is 23.1. The first-order valence-electron chi connectivity index (χ1n) is 14.1. The molecule has 0 aromatic heterocycles. The summed E-state index contributed by atoms with van der Waals surface area (Å²) < 4.78 is 46.0. The summed E-state index contributed by atoms with van der Waals surface area (Å²) in [4.78, 5) is 13.4. The standard InChI is InChI=1S/C30H37IN2O7S/c1-38-25-8-10-26(11-9-25)41(36,37)33(12-14-34)13-15-39-29-19-23(21-4-6-24(31)7-5-21)18-28(40-29)30(35)32-27-17-20-2-3-22(27)16-20/h4-11,18,20,22-23,27,29,34H,2-3,12-17,19H2,1H3,(H,32,35)/t20?,22?,23-,27?,29+/m0/s1. The van der Waals surface area contributed by atoms with Crippen molar-refractivity contribution in [3.05, 3.63) is 69.5 Å². The highest BCUT2D eigenvalue weighted by atomic mass is 127. The van der Waals surface area contributed by atoms with Crippen molar-refractivity contribution >= 4 is 38.5 Å². The van der Waals surface area contributed by atoms with E-state index in [1.54, 1.807) is 12.1 Å². The Bertz CT molecular complexity index is 1330. The highest BCUT2D eigenvalue weighted by molar-refractivity contribution is 14.1. The van der Waals surface area contributed by atoms with Gasteiger partial charge in [0.1, 0.15) is 5.75 Å². The van der Waals surface area contributed by atoms with Gasteiger partial charge in [0.05, 0.1) is 25.2 Å². The van der Waals surface area contributed by atoms with E-state index in [0.717, 1.165) is 22.0 Å². The van der Waals surface area contributed by atoms with E-state index in [9.17, 15) is 18.3 Å². The average Bonchev–Trinajstić information content (AvgIpc) is 3.60. The number of amides is 1. The van der Waals surface area contributed by atoms with Crippen molar-refractivity contribution in [2.75, 3.05) is 33.4 Å². The van der Waals surface area contributed by atoms with Crippen LogP contribution in [0.2, 0.25) is 0 Å². The number of fused-ring (bicyclic) bond motifs is 2. The maximum Gasteiger partial charge on any atom is 0.286 e. The second-order valence-corrected chi connectivity index (χ2v) is 14.1. The third-order valence-electron chi connectivity index (χ3n) is 8.32. The number of allylic oxidation sites excluding steroid dienone is 1. The number of aliphatic hydroxyl groups excluding tert-OH is 1. The van der Waals surface area contributed by atoms with Gasteiger partial charge in [0.15, 0.2) is 5.76 Å². The van der Waals surface area contributed by atoms with Crippen LogP contribution in [0.15, 0.2) is 65.3 Å². The summed E-state index contributed by atoms with van der Waals surface area (Å²) in [6.45, 7) is -0.369. The van der Waals surface area contributed by atoms with Crippen LogP contribution in [0, 0.1) is 15.4 Å². The van der Waals surface area contributed by atoms with Gasteiger partial charge >= 0.3 is 0 Å². The summed E-state index contributed by atoms with van der Waals surface area (Å²) in [6.07, 6.45) is 6.25. The predicted octanol–water partition coefficient (Wildman–Crippen LogP) is 4.02. The number of methoxy groups -OCH3 is 1. The molecule has 1 amide bonds. The number of nitrogens with one attached hydrogen (secondary N) is 1. The third kappa shape index (κ3) is 7.24. The Balaban J connectivity index is 1.26. The van der Waals surface area contributed by atoms with Gasteiger partial charge in [-0.15, -0.1) is 0 Å². The molecule has 11 heteroatoms. The van der Waals surface area contributed by atoms with Crippen molar-refractivity contribution in [1.29, 1.82) is 0 Å². The van der Waals surface area contributed by atoms with E-state index < -0.39 is 16.3 Å². The Morgan fingerprint density at radius 3 is 2.46 bits per heavy atom. The molecule has 2 aromatic rings. The van der Waals surface area contributed by atoms with Crippen LogP contribution in [0.3, 0.4) is 0 Å². The first-order valence-corrected chi connectivity index (χ1v) is 16.6. The predicted molar refractivity (Wildman–Crippen MR) is 162 cm³/mol. The Morgan fingerprint density at radius 1 is 1.07 bits per heavy atom. The zero-order valence-corrected chi connectivity index (χ0v) is 26.1. The Hall–Kier alpha value is -2.19. The van der Waals surface area contributed by atoms with Crippen molar-refractivity contribution in [2.45, 2.75) is 55.2 Å². The van der Waals surface area contributed by atoms with E-state index >= 15 is 0 Å². The first-order chi connectivity index (χ1) is 19.8. The van der Waals surface area contributed by atoms with E-state index in [1.165, 1.54) is 36.4 Å². The molecular weight excluding hydrogens is 659 g/mol. The van der Waals surface area contributed by atoms with E-state index in [1.807, 2.05) is 30.3 Å². The molecule has 0 saturated heterocycles. The molecular formula is C30H37IN2O7S. The van der Waals surface area contributed by atoms with Gasteiger partial charge in [-0.1, -0.05) is 18.6 Å². The van der Waals surface area contributed by atoms with Crippen LogP contribution in [-0.4, -0.2) is 69.5 Å². The van der Waals surface area contributed by atoms with Crippen LogP contribution >= 0.6 is 22.6 Å². The highest BCUT2D eigenvalue weighted by Gasteiger charge is 2.41. The second-order valence-electron chi connectivity index (χ2n) is 10.9. The summed E-state index contributed by atoms with van der Waals surface area (Å²) in [7, 11) is -2.36. The molecule has 3 aliphatic rings. The van der Waals surface area contributed by atoms with Crippen LogP contribution in [-0.2, 0) is 24.3 Å². The topological polar surface area (TPSA) is 114 Å². The number of hydrogen-bond acceptors (Lipinski definition) is 7. The first kappa shape index (κ1) is 30.3. The number of rotatable bonds is 12. The molecule has 41 heavy (non-hydrogen) atoms. The van der Waals surface area contributed by atoms with Crippen molar-refractivity contribution in [3.63, 3.8) is 0 Å². The van der Waals surface area contributed by atoms with Crippen molar-refractivity contribution in [2.24, 2.45) is 11.8 Å². The minimum Gasteiger partial charge on any atom is -0.497 e. The van der Waals surface area contributed by atoms with Gasteiger partial charge in [-0.2, -0.15) is 4.31 Å². The number of carbonyl (C=O) groups is 1. The lowest BCUT2D eigenvalue weighted by Gasteiger charge is -2.31. The summed E-state index contributed by atoms with van der Waals surface area (Å²) in [5.41, 5.74) is 1.05. The Labute approximate surface area is 255 Å². The average molecular weight is 697 g/mol. The molecule has 222 valence electrons. The van der Waals surface area contributed by atoms with E-state index in [2.05, 4.69) is 27.9 Å². The van der Waals surface area contributed by atoms with Gasteiger partial charge in [-0.05, 0) is 102 Å². The highest BCUT2D eigenvalue weighted by Crippen LogP contribution is 2.44. The lowest BCUT2D eigenvalue weighted by Crippen LogP contribution is -2.41. The fraction of sp³-hybridized carbons (Fsp3) is 0.500. The van der Waals surface area contributed by atoms with Crippen LogP contribution in [0.25, 0.3) is 0 Å². The molecule has 1 aliphatic heterocycles.